The fourth-order valence-corrected chi connectivity index (χ4v) is 5.25. The van der Waals surface area contributed by atoms with E-state index in [9.17, 15) is 9.59 Å². The minimum absolute atomic E-state index is 0.0256. The number of aryl methyl sites for hydroxylation is 1. The molecule has 8 heteroatoms. The van der Waals surface area contributed by atoms with Gasteiger partial charge < -0.3 is 24.0 Å². The lowest BCUT2D eigenvalue weighted by Crippen LogP contribution is -2.43. The van der Waals surface area contributed by atoms with E-state index in [1.54, 1.807) is 42.6 Å². The molecule has 2 aromatic carbocycles. The molecule has 0 saturated carbocycles. The van der Waals surface area contributed by atoms with Gasteiger partial charge in [-0.2, -0.15) is 0 Å². The predicted octanol–water partition coefficient (Wildman–Crippen LogP) is 6.38. The molecule has 0 saturated heterocycles. The average Bonchev–Trinajstić information content (AvgIpc) is 3.38. The molecular weight excluding hydrogens is 524 g/mol. The summed E-state index contributed by atoms with van der Waals surface area (Å²) in [5.41, 5.74) is 2.76. The van der Waals surface area contributed by atoms with Gasteiger partial charge in [0.1, 0.15) is 12.3 Å². The van der Waals surface area contributed by atoms with Crippen molar-refractivity contribution in [3.63, 3.8) is 0 Å². The summed E-state index contributed by atoms with van der Waals surface area (Å²) < 4.78 is 16.6. The third-order valence-electron chi connectivity index (χ3n) is 6.75. The Bertz CT molecular complexity index is 1220. The van der Waals surface area contributed by atoms with Gasteiger partial charge in [-0.1, -0.05) is 26.3 Å². The molecule has 40 heavy (non-hydrogen) atoms. The predicted molar refractivity (Wildman–Crippen MR) is 161 cm³/mol. The van der Waals surface area contributed by atoms with Crippen molar-refractivity contribution < 1.29 is 23.8 Å². The Morgan fingerprint density at radius 3 is 2.25 bits per heavy atom. The molecule has 0 fully saturated rings. The quantitative estimate of drug-likeness (QED) is 0.188. The highest BCUT2D eigenvalue weighted by Gasteiger charge is 2.23. The number of hydrogen-bond acceptors (Lipinski definition) is 6. The lowest BCUT2D eigenvalue weighted by atomic mass is 10.1. The second-order valence-electron chi connectivity index (χ2n) is 9.73. The normalized spacial score (nSPS) is 10.7. The number of hydrogen-bond donors (Lipinski definition) is 0. The van der Waals surface area contributed by atoms with Gasteiger partial charge in [0.2, 0.25) is 5.91 Å². The smallest absolute Gasteiger partial charge is 0.254 e. The molecular formula is C32H42N2O5S. The van der Waals surface area contributed by atoms with Crippen LogP contribution in [-0.2, 0) is 17.8 Å². The minimum Gasteiger partial charge on any atom is -0.494 e. The van der Waals surface area contributed by atoms with Gasteiger partial charge in [0.15, 0.2) is 11.5 Å². The van der Waals surface area contributed by atoms with Gasteiger partial charge in [-0.05, 0) is 85.2 Å². The molecule has 1 heterocycles. The topological polar surface area (TPSA) is 68.3 Å². The summed E-state index contributed by atoms with van der Waals surface area (Å²) in [6, 6.07) is 15.1. The van der Waals surface area contributed by atoms with Crippen LogP contribution in [0.4, 0.5) is 0 Å². The van der Waals surface area contributed by atoms with Crippen molar-refractivity contribution in [3.05, 3.63) is 75.5 Å². The van der Waals surface area contributed by atoms with E-state index in [1.165, 1.54) is 0 Å². The molecule has 0 bridgehead atoms. The highest BCUT2D eigenvalue weighted by Crippen LogP contribution is 2.28. The van der Waals surface area contributed by atoms with Crippen LogP contribution in [0.5, 0.6) is 17.2 Å². The molecule has 216 valence electrons. The molecule has 0 spiro atoms. The van der Waals surface area contributed by atoms with E-state index >= 15 is 0 Å². The van der Waals surface area contributed by atoms with Crippen LogP contribution in [0.15, 0.2) is 53.9 Å². The Labute approximate surface area is 242 Å². The van der Waals surface area contributed by atoms with E-state index in [0.29, 0.717) is 49.7 Å². The van der Waals surface area contributed by atoms with Crippen molar-refractivity contribution in [2.24, 2.45) is 0 Å². The zero-order valence-electron chi connectivity index (χ0n) is 24.4. The maximum Gasteiger partial charge on any atom is 0.254 e. The van der Waals surface area contributed by atoms with Crippen molar-refractivity contribution in [1.82, 2.24) is 9.80 Å². The van der Waals surface area contributed by atoms with Gasteiger partial charge in [-0.25, -0.2) is 0 Å². The van der Waals surface area contributed by atoms with Crippen LogP contribution in [0.2, 0.25) is 0 Å². The molecule has 0 aliphatic rings. The third-order valence-corrected chi connectivity index (χ3v) is 7.76. The highest BCUT2D eigenvalue weighted by atomic mass is 32.1. The Kier molecular flexibility index (Phi) is 12.3. The van der Waals surface area contributed by atoms with Crippen LogP contribution in [-0.4, -0.2) is 62.1 Å². The number of nitrogens with zero attached hydrogens (tertiary/aromatic N) is 2. The average molecular weight is 567 g/mol. The fraction of sp³-hybridized carbons (Fsp3) is 0.438. The number of benzene rings is 2. The van der Waals surface area contributed by atoms with Crippen molar-refractivity contribution in [3.8, 4) is 17.2 Å². The fourth-order valence-electron chi connectivity index (χ4n) is 4.33. The van der Waals surface area contributed by atoms with Gasteiger partial charge in [0, 0.05) is 23.5 Å². The van der Waals surface area contributed by atoms with Gasteiger partial charge in [-0.15, -0.1) is 11.3 Å². The standard InChI is InChI=1S/C32H42N2O5S/c1-6-8-19-39-27-12-10-26(11-13-27)32(36)34(17-7-2)23-31(35)33(22-30-24(3)16-20-40-30)18-15-25-9-14-28(37-4)29(21-25)38-5/h9-14,16,20-21H,6-8,15,17-19,22-23H2,1-5H3. The van der Waals surface area contributed by atoms with Crippen LogP contribution in [0.1, 0.15) is 59.5 Å². The molecule has 0 aliphatic carbocycles. The van der Waals surface area contributed by atoms with E-state index in [-0.39, 0.29) is 18.4 Å². The van der Waals surface area contributed by atoms with Gasteiger partial charge in [-0.3, -0.25) is 9.59 Å². The highest BCUT2D eigenvalue weighted by molar-refractivity contribution is 7.10. The first-order chi connectivity index (χ1) is 19.4. The van der Waals surface area contributed by atoms with E-state index in [0.717, 1.165) is 41.0 Å². The van der Waals surface area contributed by atoms with Gasteiger partial charge in [0.25, 0.3) is 5.91 Å². The van der Waals surface area contributed by atoms with Crippen LogP contribution < -0.4 is 14.2 Å². The summed E-state index contributed by atoms with van der Waals surface area (Å²) in [5, 5.41) is 2.05. The first kappa shape index (κ1) is 31.0. The number of carbonyl (C=O) groups excluding carboxylic acids is 2. The molecule has 7 nitrogen and oxygen atoms in total. The van der Waals surface area contributed by atoms with Gasteiger partial charge in [0.05, 0.1) is 27.4 Å². The molecule has 2 amide bonds. The van der Waals surface area contributed by atoms with Gasteiger partial charge >= 0.3 is 0 Å². The number of thiophene rings is 1. The van der Waals surface area contributed by atoms with Crippen LogP contribution in [0, 0.1) is 6.92 Å². The first-order valence-electron chi connectivity index (χ1n) is 13.9. The van der Waals surface area contributed by atoms with Crippen LogP contribution in [0.25, 0.3) is 0 Å². The SMILES string of the molecule is CCCCOc1ccc(C(=O)N(CCC)CC(=O)N(CCc2ccc(OC)c(OC)c2)Cc2sccc2C)cc1. The molecule has 0 aliphatic heterocycles. The van der Waals surface area contributed by atoms with Crippen LogP contribution >= 0.6 is 11.3 Å². The third kappa shape index (κ3) is 8.74. The maximum atomic E-state index is 13.7. The summed E-state index contributed by atoms with van der Waals surface area (Å²) in [6.07, 6.45) is 3.46. The number of ether oxygens (including phenoxy) is 3. The molecule has 0 radical (unpaired) electrons. The van der Waals surface area contributed by atoms with Crippen molar-refractivity contribution in [2.75, 3.05) is 40.5 Å². The monoisotopic (exact) mass is 566 g/mol. The molecule has 0 N–H and O–H groups in total. The summed E-state index contributed by atoms with van der Waals surface area (Å²) in [7, 11) is 3.23. The summed E-state index contributed by atoms with van der Waals surface area (Å²) in [4.78, 5) is 31.8. The second kappa shape index (κ2) is 15.9. The number of carbonyl (C=O) groups is 2. The minimum atomic E-state index is -0.151. The number of methoxy groups -OCH3 is 2. The Hall–Kier alpha value is -3.52. The lowest BCUT2D eigenvalue weighted by Gasteiger charge is -2.28. The van der Waals surface area contributed by atoms with Crippen molar-refractivity contribution in [1.29, 1.82) is 0 Å². The zero-order valence-corrected chi connectivity index (χ0v) is 25.2. The maximum absolute atomic E-state index is 13.7. The lowest BCUT2D eigenvalue weighted by molar-refractivity contribution is -0.132. The molecule has 0 unspecified atom stereocenters. The van der Waals surface area contributed by atoms with E-state index in [2.05, 4.69) is 19.9 Å². The molecule has 3 rings (SSSR count). The Morgan fingerprint density at radius 2 is 1.62 bits per heavy atom. The number of unbranched alkanes of at least 4 members (excludes halogenated alkanes) is 1. The number of amides is 2. The number of rotatable bonds is 16. The summed E-state index contributed by atoms with van der Waals surface area (Å²) >= 11 is 1.65. The first-order valence-corrected chi connectivity index (χ1v) is 14.8. The van der Waals surface area contributed by atoms with E-state index in [1.807, 2.05) is 47.5 Å². The molecule has 1 aromatic heterocycles. The zero-order chi connectivity index (χ0) is 28.9. The van der Waals surface area contributed by atoms with Crippen molar-refractivity contribution in [2.45, 2.75) is 53.0 Å². The Morgan fingerprint density at radius 1 is 0.875 bits per heavy atom. The summed E-state index contributed by atoms with van der Waals surface area (Å²) in [6.45, 7) is 8.40. The van der Waals surface area contributed by atoms with E-state index < -0.39 is 0 Å². The second-order valence-corrected chi connectivity index (χ2v) is 10.7. The Balaban J connectivity index is 1.74. The largest absolute Gasteiger partial charge is 0.494 e. The van der Waals surface area contributed by atoms with Crippen LogP contribution in [0.3, 0.4) is 0 Å². The van der Waals surface area contributed by atoms with Crippen molar-refractivity contribution >= 4 is 23.2 Å². The van der Waals surface area contributed by atoms with E-state index in [4.69, 9.17) is 14.2 Å². The molecule has 3 aromatic rings. The summed E-state index contributed by atoms with van der Waals surface area (Å²) in [5.74, 6) is 1.85. The molecule has 0 atom stereocenters.